The summed E-state index contributed by atoms with van der Waals surface area (Å²) in [5, 5.41) is 0. The summed E-state index contributed by atoms with van der Waals surface area (Å²) in [6.45, 7) is 0.705. The van der Waals surface area contributed by atoms with Gasteiger partial charge < -0.3 is 15.2 Å². The molecule has 1 atom stereocenters. The summed E-state index contributed by atoms with van der Waals surface area (Å²) in [6.07, 6.45) is 1.70. The summed E-state index contributed by atoms with van der Waals surface area (Å²) in [4.78, 5) is 0. The predicted molar refractivity (Wildman–Crippen MR) is 61.2 cm³/mol. The number of benzene rings is 1. The molecule has 0 spiro atoms. The second kappa shape index (κ2) is 6.43. The van der Waals surface area contributed by atoms with Crippen LogP contribution in [0.4, 0.5) is 0 Å². The molecule has 2 N–H and O–H groups in total. The van der Waals surface area contributed by atoms with Crippen molar-refractivity contribution < 1.29 is 9.47 Å². The fraction of sp³-hybridized carbons (Fsp3) is 0.500. The molecule has 3 nitrogen and oxygen atoms in total. The highest BCUT2D eigenvalue weighted by Gasteiger charge is 2.07. The van der Waals surface area contributed by atoms with Gasteiger partial charge in [-0.15, -0.1) is 0 Å². The Balaban J connectivity index is 2.55. The zero-order valence-electron chi connectivity index (χ0n) is 9.40. The lowest BCUT2D eigenvalue weighted by atomic mass is 10.0. The van der Waals surface area contributed by atoms with Crippen molar-refractivity contribution in [1.82, 2.24) is 0 Å². The van der Waals surface area contributed by atoms with Crippen LogP contribution in [0, 0.1) is 0 Å². The van der Waals surface area contributed by atoms with E-state index in [1.54, 1.807) is 14.2 Å². The van der Waals surface area contributed by atoms with Gasteiger partial charge in [-0.05, 0) is 24.5 Å². The van der Waals surface area contributed by atoms with Crippen molar-refractivity contribution in [3.8, 4) is 5.75 Å². The molecule has 1 unspecified atom stereocenters. The van der Waals surface area contributed by atoms with Crippen LogP contribution in [0.5, 0.6) is 5.75 Å². The molecule has 3 heteroatoms. The van der Waals surface area contributed by atoms with E-state index >= 15 is 0 Å². The molecule has 0 fully saturated rings. The Morgan fingerprint density at radius 3 is 2.67 bits per heavy atom. The fourth-order valence-corrected chi connectivity index (χ4v) is 1.53. The van der Waals surface area contributed by atoms with Gasteiger partial charge >= 0.3 is 0 Å². The number of hydrogen-bond acceptors (Lipinski definition) is 3. The van der Waals surface area contributed by atoms with Crippen LogP contribution in [-0.2, 0) is 11.2 Å². The number of methoxy groups -OCH3 is 2. The summed E-state index contributed by atoms with van der Waals surface area (Å²) >= 11 is 0. The highest BCUT2D eigenvalue weighted by atomic mass is 16.5. The third kappa shape index (κ3) is 3.90. The largest absolute Gasteiger partial charge is 0.496 e. The molecular formula is C12H19NO2. The highest BCUT2D eigenvalue weighted by Crippen LogP contribution is 2.18. The van der Waals surface area contributed by atoms with Gasteiger partial charge in [-0.1, -0.05) is 18.2 Å². The van der Waals surface area contributed by atoms with Crippen molar-refractivity contribution in [2.75, 3.05) is 20.8 Å². The molecule has 0 amide bonds. The second-order valence-corrected chi connectivity index (χ2v) is 3.56. The quantitative estimate of drug-likeness (QED) is 0.774. The van der Waals surface area contributed by atoms with E-state index < -0.39 is 0 Å². The normalized spacial score (nSPS) is 12.5. The minimum atomic E-state index is 0.126. The molecule has 0 aromatic heterocycles. The summed E-state index contributed by atoms with van der Waals surface area (Å²) in [5.74, 6) is 0.908. The smallest absolute Gasteiger partial charge is 0.122 e. The van der Waals surface area contributed by atoms with Crippen molar-refractivity contribution in [1.29, 1.82) is 0 Å². The van der Waals surface area contributed by atoms with Gasteiger partial charge in [0, 0.05) is 19.8 Å². The summed E-state index contributed by atoms with van der Waals surface area (Å²) in [6, 6.07) is 8.09. The maximum Gasteiger partial charge on any atom is 0.122 e. The minimum Gasteiger partial charge on any atom is -0.496 e. The van der Waals surface area contributed by atoms with Crippen LogP contribution in [-0.4, -0.2) is 26.9 Å². The van der Waals surface area contributed by atoms with Gasteiger partial charge in [0.05, 0.1) is 7.11 Å². The average molecular weight is 209 g/mol. The van der Waals surface area contributed by atoms with Gasteiger partial charge in [-0.2, -0.15) is 0 Å². The van der Waals surface area contributed by atoms with Crippen LogP contribution in [0.1, 0.15) is 12.0 Å². The lowest BCUT2D eigenvalue weighted by Gasteiger charge is -2.13. The Labute approximate surface area is 91.2 Å². The zero-order valence-corrected chi connectivity index (χ0v) is 9.40. The molecule has 1 rings (SSSR count). The molecule has 0 aliphatic carbocycles. The van der Waals surface area contributed by atoms with Crippen LogP contribution < -0.4 is 10.5 Å². The minimum absolute atomic E-state index is 0.126. The first kappa shape index (κ1) is 12.0. The van der Waals surface area contributed by atoms with E-state index in [1.165, 1.54) is 0 Å². The Kier molecular flexibility index (Phi) is 5.15. The Hall–Kier alpha value is -1.06. The zero-order chi connectivity index (χ0) is 11.1. The maximum atomic E-state index is 5.98. The van der Waals surface area contributed by atoms with E-state index in [-0.39, 0.29) is 6.04 Å². The first-order chi connectivity index (χ1) is 7.27. The van der Waals surface area contributed by atoms with Crippen molar-refractivity contribution in [2.45, 2.75) is 18.9 Å². The van der Waals surface area contributed by atoms with Gasteiger partial charge in [0.15, 0.2) is 0 Å². The molecule has 1 aromatic rings. The topological polar surface area (TPSA) is 44.5 Å². The molecule has 0 saturated heterocycles. The van der Waals surface area contributed by atoms with Gasteiger partial charge in [0.25, 0.3) is 0 Å². The summed E-state index contributed by atoms with van der Waals surface area (Å²) in [7, 11) is 3.37. The fourth-order valence-electron chi connectivity index (χ4n) is 1.53. The van der Waals surface area contributed by atoms with Crippen molar-refractivity contribution in [2.24, 2.45) is 5.73 Å². The Bertz CT molecular complexity index is 289. The Morgan fingerprint density at radius 1 is 1.27 bits per heavy atom. The molecule has 15 heavy (non-hydrogen) atoms. The van der Waals surface area contributed by atoms with Crippen LogP contribution in [0.3, 0.4) is 0 Å². The monoisotopic (exact) mass is 209 g/mol. The molecule has 84 valence electrons. The van der Waals surface area contributed by atoms with E-state index in [0.717, 1.165) is 24.2 Å². The molecule has 0 aliphatic heterocycles. The van der Waals surface area contributed by atoms with Gasteiger partial charge in [-0.3, -0.25) is 0 Å². The third-order valence-corrected chi connectivity index (χ3v) is 2.37. The molecule has 0 radical (unpaired) electrons. The molecular weight excluding hydrogens is 190 g/mol. The van der Waals surface area contributed by atoms with Crippen molar-refractivity contribution in [3.63, 3.8) is 0 Å². The van der Waals surface area contributed by atoms with Crippen molar-refractivity contribution in [3.05, 3.63) is 29.8 Å². The number of ether oxygens (including phenoxy) is 2. The summed E-state index contributed by atoms with van der Waals surface area (Å²) < 4.78 is 10.3. The maximum absolute atomic E-state index is 5.98. The standard InChI is InChI=1S/C12H19NO2/c1-14-8-7-11(13)9-10-5-3-4-6-12(10)15-2/h3-6,11H,7-9,13H2,1-2H3. The van der Waals surface area contributed by atoms with Crippen LogP contribution >= 0.6 is 0 Å². The van der Waals surface area contributed by atoms with Crippen molar-refractivity contribution >= 4 is 0 Å². The molecule has 0 aliphatic rings. The van der Waals surface area contributed by atoms with E-state index in [2.05, 4.69) is 0 Å². The number of rotatable bonds is 6. The van der Waals surface area contributed by atoms with E-state index in [9.17, 15) is 0 Å². The molecule has 0 saturated carbocycles. The first-order valence-corrected chi connectivity index (χ1v) is 5.14. The van der Waals surface area contributed by atoms with Gasteiger partial charge in [0.1, 0.15) is 5.75 Å². The van der Waals surface area contributed by atoms with Crippen LogP contribution in [0.15, 0.2) is 24.3 Å². The van der Waals surface area contributed by atoms with E-state index in [4.69, 9.17) is 15.2 Å². The van der Waals surface area contributed by atoms with Crippen LogP contribution in [0.25, 0.3) is 0 Å². The number of hydrogen-bond donors (Lipinski definition) is 1. The number of nitrogens with two attached hydrogens (primary N) is 1. The van der Waals surface area contributed by atoms with E-state index in [0.29, 0.717) is 6.61 Å². The Morgan fingerprint density at radius 2 is 2.00 bits per heavy atom. The molecule has 0 bridgehead atoms. The second-order valence-electron chi connectivity index (χ2n) is 3.56. The lowest BCUT2D eigenvalue weighted by molar-refractivity contribution is 0.187. The van der Waals surface area contributed by atoms with Gasteiger partial charge in [0.2, 0.25) is 0 Å². The molecule has 1 aromatic carbocycles. The predicted octanol–water partition coefficient (Wildman–Crippen LogP) is 1.60. The first-order valence-electron chi connectivity index (χ1n) is 5.14. The molecule has 0 heterocycles. The highest BCUT2D eigenvalue weighted by molar-refractivity contribution is 5.33. The van der Waals surface area contributed by atoms with Crippen LogP contribution in [0.2, 0.25) is 0 Å². The van der Waals surface area contributed by atoms with Gasteiger partial charge in [-0.25, -0.2) is 0 Å². The average Bonchev–Trinajstić information content (AvgIpc) is 2.27. The SMILES string of the molecule is COCCC(N)Cc1ccccc1OC. The van der Waals surface area contributed by atoms with E-state index in [1.807, 2.05) is 24.3 Å². The summed E-state index contributed by atoms with van der Waals surface area (Å²) in [5.41, 5.74) is 7.14. The lowest BCUT2D eigenvalue weighted by Crippen LogP contribution is -2.24. The number of para-hydroxylation sites is 1. The third-order valence-electron chi connectivity index (χ3n) is 2.37.